The summed E-state index contributed by atoms with van der Waals surface area (Å²) in [6.07, 6.45) is 4.22. The first-order chi connectivity index (χ1) is 6.61. The van der Waals surface area contributed by atoms with Gasteiger partial charge in [0.1, 0.15) is 0 Å². The Bertz CT molecular complexity index is 250. The lowest BCUT2D eigenvalue weighted by molar-refractivity contribution is 0.502. The fourth-order valence-electron chi connectivity index (χ4n) is 3.23. The monoisotopic (exact) mass is 193 g/mol. The van der Waals surface area contributed by atoms with Crippen molar-refractivity contribution in [1.29, 1.82) is 0 Å². The third kappa shape index (κ3) is 1.47. The molecular formula is C13H23N. The molecule has 1 fully saturated rings. The summed E-state index contributed by atoms with van der Waals surface area (Å²) in [5.74, 6) is 2.28. The van der Waals surface area contributed by atoms with Crippen molar-refractivity contribution >= 4 is 0 Å². The molecule has 0 spiro atoms. The Balaban J connectivity index is 2.28. The minimum absolute atomic E-state index is 0.679. The van der Waals surface area contributed by atoms with Crippen LogP contribution in [0.2, 0.25) is 0 Å². The van der Waals surface area contributed by atoms with Gasteiger partial charge in [-0.25, -0.2) is 0 Å². The fourth-order valence-corrected chi connectivity index (χ4v) is 3.23. The summed E-state index contributed by atoms with van der Waals surface area (Å²) in [6.45, 7) is 9.32. The topological polar surface area (TPSA) is 12.0 Å². The molecule has 2 aliphatic rings. The van der Waals surface area contributed by atoms with E-state index >= 15 is 0 Å². The standard InChI is InChI=1S/C13H23N/c1-8(2)12-10-6-5-7-11(10)14-13(12)9(3)4/h8-11,14H,5-7H2,1-4H3. The summed E-state index contributed by atoms with van der Waals surface area (Å²) in [4.78, 5) is 0. The van der Waals surface area contributed by atoms with E-state index in [0.717, 1.165) is 17.9 Å². The van der Waals surface area contributed by atoms with E-state index in [9.17, 15) is 0 Å². The van der Waals surface area contributed by atoms with Crippen molar-refractivity contribution < 1.29 is 0 Å². The smallest absolute Gasteiger partial charge is 0.0324 e. The van der Waals surface area contributed by atoms with E-state index in [4.69, 9.17) is 0 Å². The molecule has 0 saturated heterocycles. The summed E-state index contributed by atoms with van der Waals surface area (Å²) < 4.78 is 0. The second kappa shape index (κ2) is 3.60. The fraction of sp³-hybridized carbons (Fsp3) is 0.846. The number of fused-ring (bicyclic) bond motifs is 1. The van der Waals surface area contributed by atoms with Gasteiger partial charge in [0.15, 0.2) is 0 Å². The highest BCUT2D eigenvalue weighted by molar-refractivity contribution is 5.29. The molecule has 1 nitrogen and oxygen atoms in total. The van der Waals surface area contributed by atoms with Crippen LogP contribution < -0.4 is 5.32 Å². The second-order valence-corrected chi connectivity index (χ2v) is 5.47. The summed E-state index contributed by atoms with van der Waals surface area (Å²) in [5.41, 5.74) is 3.30. The zero-order valence-electron chi connectivity index (χ0n) is 9.93. The van der Waals surface area contributed by atoms with Gasteiger partial charge in [0, 0.05) is 17.7 Å². The zero-order chi connectivity index (χ0) is 10.3. The lowest BCUT2D eigenvalue weighted by Crippen LogP contribution is -2.25. The summed E-state index contributed by atoms with van der Waals surface area (Å²) in [6, 6.07) is 0.782. The Kier molecular flexibility index (Phi) is 2.59. The van der Waals surface area contributed by atoms with Gasteiger partial charge in [-0.2, -0.15) is 0 Å². The van der Waals surface area contributed by atoms with Crippen molar-refractivity contribution in [1.82, 2.24) is 5.32 Å². The predicted octanol–water partition coefficient (Wildman–Crippen LogP) is 3.32. The molecule has 0 radical (unpaired) electrons. The molecule has 2 rings (SSSR count). The number of nitrogens with one attached hydrogen (secondary N) is 1. The first-order valence-corrected chi connectivity index (χ1v) is 6.11. The SMILES string of the molecule is CC(C)C1=C(C(C)C)C2CCCC2N1. The van der Waals surface area contributed by atoms with Gasteiger partial charge in [-0.1, -0.05) is 34.1 Å². The molecule has 2 unspecified atom stereocenters. The second-order valence-electron chi connectivity index (χ2n) is 5.47. The molecule has 80 valence electrons. The van der Waals surface area contributed by atoms with Crippen LogP contribution in [0.4, 0.5) is 0 Å². The van der Waals surface area contributed by atoms with Gasteiger partial charge in [-0.3, -0.25) is 0 Å². The quantitative estimate of drug-likeness (QED) is 0.709. The van der Waals surface area contributed by atoms with Crippen LogP contribution in [0.15, 0.2) is 11.3 Å². The van der Waals surface area contributed by atoms with Gasteiger partial charge >= 0.3 is 0 Å². The molecule has 1 heterocycles. The molecule has 1 saturated carbocycles. The summed E-state index contributed by atoms with van der Waals surface area (Å²) >= 11 is 0. The van der Waals surface area contributed by atoms with Crippen LogP contribution in [0.3, 0.4) is 0 Å². The van der Waals surface area contributed by atoms with E-state index in [1.807, 2.05) is 0 Å². The van der Waals surface area contributed by atoms with E-state index in [-0.39, 0.29) is 0 Å². The number of rotatable bonds is 2. The largest absolute Gasteiger partial charge is 0.385 e. The van der Waals surface area contributed by atoms with Gasteiger partial charge in [-0.15, -0.1) is 0 Å². The Morgan fingerprint density at radius 3 is 2.36 bits per heavy atom. The Labute approximate surface area is 88.0 Å². The van der Waals surface area contributed by atoms with Crippen LogP contribution >= 0.6 is 0 Å². The van der Waals surface area contributed by atoms with E-state index in [0.29, 0.717) is 5.92 Å². The maximum absolute atomic E-state index is 3.76. The molecule has 0 aromatic heterocycles. The van der Waals surface area contributed by atoms with Gasteiger partial charge in [-0.05, 0) is 30.3 Å². The van der Waals surface area contributed by atoms with Crippen LogP contribution in [-0.4, -0.2) is 6.04 Å². The molecule has 1 N–H and O–H groups in total. The van der Waals surface area contributed by atoms with E-state index < -0.39 is 0 Å². The van der Waals surface area contributed by atoms with E-state index in [1.165, 1.54) is 19.3 Å². The van der Waals surface area contributed by atoms with Crippen LogP contribution in [0.5, 0.6) is 0 Å². The van der Waals surface area contributed by atoms with Crippen molar-refractivity contribution in [3.05, 3.63) is 11.3 Å². The lowest BCUT2D eigenvalue weighted by atomic mass is 9.86. The van der Waals surface area contributed by atoms with Crippen molar-refractivity contribution in [2.45, 2.75) is 53.0 Å². The normalized spacial score (nSPS) is 31.6. The maximum Gasteiger partial charge on any atom is 0.0324 e. The first kappa shape index (κ1) is 10.1. The molecule has 0 aromatic carbocycles. The number of allylic oxidation sites excluding steroid dienone is 1. The third-order valence-electron chi connectivity index (χ3n) is 3.77. The molecule has 1 aliphatic heterocycles. The van der Waals surface area contributed by atoms with Crippen LogP contribution in [-0.2, 0) is 0 Å². The van der Waals surface area contributed by atoms with Gasteiger partial charge in [0.05, 0.1) is 0 Å². The summed E-state index contributed by atoms with van der Waals surface area (Å²) in [5, 5.41) is 3.76. The number of hydrogen-bond donors (Lipinski definition) is 1. The highest BCUT2D eigenvalue weighted by Gasteiger charge is 2.38. The highest BCUT2D eigenvalue weighted by atomic mass is 15.0. The molecule has 1 aliphatic carbocycles. The Hall–Kier alpha value is -0.460. The molecule has 1 heteroatoms. The van der Waals surface area contributed by atoms with Gasteiger partial charge in [0.2, 0.25) is 0 Å². The Morgan fingerprint density at radius 2 is 1.79 bits per heavy atom. The average molecular weight is 193 g/mol. The molecule has 0 bridgehead atoms. The highest BCUT2D eigenvalue weighted by Crippen LogP contribution is 2.42. The average Bonchev–Trinajstić information content (AvgIpc) is 2.58. The van der Waals surface area contributed by atoms with Gasteiger partial charge < -0.3 is 5.32 Å². The Morgan fingerprint density at radius 1 is 1.07 bits per heavy atom. The minimum Gasteiger partial charge on any atom is -0.385 e. The maximum atomic E-state index is 3.76. The van der Waals surface area contributed by atoms with Crippen LogP contribution in [0, 0.1) is 17.8 Å². The summed E-state index contributed by atoms with van der Waals surface area (Å²) in [7, 11) is 0. The molecule has 0 aromatic rings. The molecule has 2 atom stereocenters. The van der Waals surface area contributed by atoms with Crippen molar-refractivity contribution in [3.63, 3.8) is 0 Å². The number of hydrogen-bond acceptors (Lipinski definition) is 1. The lowest BCUT2D eigenvalue weighted by Gasteiger charge is -2.17. The zero-order valence-corrected chi connectivity index (χ0v) is 9.93. The predicted molar refractivity (Wildman–Crippen MR) is 61.0 cm³/mol. The minimum atomic E-state index is 0.679. The first-order valence-electron chi connectivity index (χ1n) is 6.11. The van der Waals surface area contributed by atoms with Crippen LogP contribution in [0.1, 0.15) is 47.0 Å². The third-order valence-corrected chi connectivity index (χ3v) is 3.77. The van der Waals surface area contributed by atoms with Crippen molar-refractivity contribution in [2.75, 3.05) is 0 Å². The molecule has 0 amide bonds. The van der Waals surface area contributed by atoms with Crippen LogP contribution in [0.25, 0.3) is 0 Å². The van der Waals surface area contributed by atoms with Crippen molar-refractivity contribution in [3.8, 4) is 0 Å². The van der Waals surface area contributed by atoms with Crippen molar-refractivity contribution in [2.24, 2.45) is 17.8 Å². The molecular weight excluding hydrogens is 170 g/mol. The molecule has 14 heavy (non-hydrogen) atoms. The van der Waals surface area contributed by atoms with E-state index in [2.05, 4.69) is 33.0 Å². The van der Waals surface area contributed by atoms with Gasteiger partial charge in [0.25, 0.3) is 0 Å². The van der Waals surface area contributed by atoms with E-state index in [1.54, 1.807) is 11.3 Å².